The van der Waals surface area contributed by atoms with Gasteiger partial charge in [0.05, 0.1) is 31.3 Å². The number of carbonyl (C=O) groups is 1. The lowest BCUT2D eigenvalue weighted by Crippen LogP contribution is -2.51. The molecule has 0 bridgehead atoms. The van der Waals surface area contributed by atoms with Crippen molar-refractivity contribution in [3.05, 3.63) is 59.6 Å². The van der Waals surface area contributed by atoms with Crippen LogP contribution in [0.4, 0.5) is 4.79 Å². The van der Waals surface area contributed by atoms with Crippen LogP contribution < -0.4 is 14.8 Å². The summed E-state index contributed by atoms with van der Waals surface area (Å²) >= 11 is 0. The average molecular weight is 660 g/mol. The Balaban J connectivity index is 1.53. The van der Waals surface area contributed by atoms with Crippen LogP contribution in [0.15, 0.2) is 53.7 Å². The number of rotatable bonds is 14. The molecule has 2 fully saturated rings. The number of carbonyl (C=O) groups excluding carboxylic acids is 1. The fourth-order valence-electron chi connectivity index (χ4n) is 5.04. The molecule has 4 N–H and O–H groups in total. The van der Waals surface area contributed by atoms with Gasteiger partial charge in [0.1, 0.15) is 16.7 Å². The van der Waals surface area contributed by atoms with Crippen molar-refractivity contribution in [3.63, 3.8) is 0 Å². The summed E-state index contributed by atoms with van der Waals surface area (Å²) in [4.78, 5) is 30.9. The number of nitrogens with one attached hydrogen (secondary N) is 1. The summed E-state index contributed by atoms with van der Waals surface area (Å²) in [5.41, 5.74) is 0.597. The van der Waals surface area contributed by atoms with E-state index in [9.17, 15) is 28.1 Å². The topological polar surface area (TPSA) is 208 Å². The van der Waals surface area contributed by atoms with E-state index in [2.05, 4.69) is 5.32 Å². The van der Waals surface area contributed by atoms with Crippen molar-refractivity contribution in [2.75, 3.05) is 32.7 Å². The molecule has 0 aliphatic carbocycles. The van der Waals surface area contributed by atoms with Gasteiger partial charge in [-0.2, -0.15) is 9.04 Å². The van der Waals surface area contributed by atoms with E-state index in [1.807, 2.05) is 0 Å². The molecule has 0 radical (unpaired) electrons. The number of aliphatic hydroxyl groups excluding tert-OH is 1. The Morgan fingerprint density at radius 2 is 1.93 bits per heavy atom. The molecule has 2 saturated heterocycles. The van der Waals surface area contributed by atoms with Crippen LogP contribution >= 0.6 is 7.60 Å². The molecule has 244 valence electrons. The lowest BCUT2D eigenvalue weighted by Gasteiger charge is -2.30. The Kier molecular flexibility index (Phi) is 11.2. The van der Waals surface area contributed by atoms with Gasteiger partial charge in [-0.1, -0.05) is 26.0 Å². The summed E-state index contributed by atoms with van der Waals surface area (Å²) in [6, 6.07) is 7.70. The van der Waals surface area contributed by atoms with Crippen LogP contribution in [0.1, 0.15) is 25.8 Å². The van der Waals surface area contributed by atoms with Gasteiger partial charge in [-0.25, -0.2) is 13.2 Å². The summed E-state index contributed by atoms with van der Waals surface area (Å²) in [5, 5.41) is 25.9. The van der Waals surface area contributed by atoms with Crippen LogP contribution in [0.3, 0.4) is 0 Å². The number of alkyl carbamates (subject to hydrolysis) is 1. The third-order valence-electron chi connectivity index (χ3n) is 7.13. The summed E-state index contributed by atoms with van der Waals surface area (Å²) in [6.45, 7) is 3.87. The molecule has 1 aromatic heterocycles. The van der Waals surface area contributed by atoms with Crippen molar-refractivity contribution in [2.24, 2.45) is 11.8 Å². The third-order valence-corrected chi connectivity index (χ3v) is 9.42. The van der Waals surface area contributed by atoms with Gasteiger partial charge >= 0.3 is 13.7 Å². The normalized spacial score (nSPS) is 21.7. The standard InChI is InChI=1S/C27H38N3O12PS/c1-18(2)13-30(44(37,38)21-4-3-10-29(33)14-21)15-24(31)23(12-19-5-7-20(8-6-19)41-17-43(34,35)36)28-27(32)42-25-16-40-26-22(25)9-11-39-26/h3-8,10,14,18,22-26,31H,9,11-13,15-17H2,1-2H3,(H,28,32)(H2,34,35,36)/t22-,23-,24+,25-,26+/m0/s1. The van der Waals surface area contributed by atoms with Crippen molar-refractivity contribution >= 4 is 23.7 Å². The Morgan fingerprint density at radius 1 is 1.20 bits per heavy atom. The number of ether oxygens (including phenoxy) is 4. The first-order valence-corrected chi connectivity index (χ1v) is 17.3. The number of pyridine rings is 1. The van der Waals surface area contributed by atoms with Crippen LogP contribution in [0.25, 0.3) is 0 Å². The fourth-order valence-corrected chi connectivity index (χ4v) is 6.98. The highest BCUT2D eigenvalue weighted by Crippen LogP contribution is 2.35. The molecule has 15 nitrogen and oxygen atoms in total. The minimum atomic E-state index is -4.38. The molecule has 3 heterocycles. The molecule has 17 heteroatoms. The van der Waals surface area contributed by atoms with E-state index in [0.29, 0.717) is 23.3 Å². The molecule has 1 aromatic carbocycles. The molecule has 2 aromatic rings. The molecule has 0 saturated carbocycles. The Hall–Kier alpha value is -2.82. The molecule has 4 rings (SSSR count). The highest BCUT2D eigenvalue weighted by Gasteiger charge is 2.44. The van der Waals surface area contributed by atoms with E-state index in [0.717, 1.165) is 16.7 Å². The Morgan fingerprint density at radius 3 is 2.59 bits per heavy atom. The van der Waals surface area contributed by atoms with Gasteiger partial charge in [-0.3, -0.25) is 4.57 Å². The third kappa shape index (κ3) is 9.34. The molecule has 0 spiro atoms. The van der Waals surface area contributed by atoms with E-state index >= 15 is 0 Å². The molecular weight excluding hydrogens is 621 g/mol. The molecule has 1 amide bonds. The fraction of sp³-hybridized carbons (Fsp3) is 0.556. The maximum Gasteiger partial charge on any atom is 0.407 e. The smallest absolute Gasteiger partial charge is 0.407 e. The Labute approximate surface area is 255 Å². The second-order valence-electron chi connectivity index (χ2n) is 11.2. The van der Waals surface area contributed by atoms with E-state index in [-0.39, 0.29) is 42.1 Å². The van der Waals surface area contributed by atoms with Gasteiger partial charge < -0.3 is 44.4 Å². The lowest BCUT2D eigenvalue weighted by molar-refractivity contribution is -0.607. The first kappa shape index (κ1) is 34.1. The van der Waals surface area contributed by atoms with Gasteiger partial charge in [0.2, 0.25) is 10.0 Å². The zero-order valence-electron chi connectivity index (χ0n) is 24.3. The van der Waals surface area contributed by atoms with Crippen molar-refractivity contribution in [3.8, 4) is 5.75 Å². The predicted molar refractivity (Wildman–Crippen MR) is 154 cm³/mol. The van der Waals surface area contributed by atoms with Crippen molar-refractivity contribution < 1.29 is 56.3 Å². The predicted octanol–water partition coefficient (Wildman–Crippen LogP) is 0.941. The van der Waals surface area contributed by atoms with Gasteiger partial charge in [-0.15, -0.1) is 0 Å². The van der Waals surface area contributed by atoms with Crippen molar-refractivity contribution in [2.45, 2.75) is 56.1 Å². The van der Waals surface area contributed by atoms with Crippen LogP contribution in [0.5, 0.6) is 5.75 Å². The number of aliphatic hydroxyl groups is 1. The highest BCUT2D eigenvalue weighted by molar-refractivity contribution is 7.89. The molecule has 44 heavy (non-hydrogen) atoms. The minimum absolute atomic E-state index is 0.0262. The van der Waals surface area contributed by atoms with E-state index < -0.39 is 61.1 Å². The molecule has 5 atom stereocenters. The minimum Gasteiger partial charge on any atom is -0.619 e. The maximum atomic E-state index is 13.5. The second kappa shape index (κ2) is 14.5. The van der Waals surface area contributed by atoms with Crippen molar-refractivity contribution in [1.29, 1.82) is 0 Å². The highest BCUT2D eigenvalue weighted by atomic mass is 32.2. The number of fused-ring (bicyclic) bond motifs is 1. The number of aromatic nitrogens is 1. The van der Waals surface area contributed by atoms with Gasteiger partial charge in [0.25, 0.3) is 0 Å². The zero-order chi connectivity index (χ0) is 32.1. The lowest BCUT2D eigenvalue weighted by atomic mass is 10.0. The number of amides is 1. The molecular formula is C27H38N3O12PS. The number of nitrogens with zero attached hydrogens (tertiary/aromatic N) is 2. The molecule has 2 aliphatic heterocycles. The van der Waals surface area contributed by atoms with E-state index in [4.69, 9.17) is 28.7 Å². The summed E-state index contributed by atoms with van der Waals surface area (Å²) in [6.07, 6.45) is -1.26. The molecule has 0 unspecified atom stereocenters. The van der Waals surface area contributed by atoms with E-state index in [1.165, 1.54) is 24.3 Å². The van der Waals surface area contributed by atoms with E-state index in [1.54, 1.807) is 26.0 Å². The maximum absolute atomic E-state index is 13.5. The number of sulfonamides is 1. The average Bonchev–Trinajstić information content (AvgIpc) is 3.56. The first-order valence-electron chi connectivity index (χ1n) is 14.0. The number of benzene rings is 1. The quantitative estimate of drug-likeness (QED) is 0.127. The number of hydrogen-bond donors (Lipinski definition) is 4. The Bertz CT molecular complexity index is 1420. The summed E-state index contributed by atoms with van der Waals surface area (Å²) in [5.74, 6) is -0.0593. The molecule has 2 aliphatic rings. The summed E-state index contributed by atoms with van der Waals surface area (Å²) < 4.78 is 61.3. The van der Waals surface area contributed by atoms with Crippen LogP contribution in [-0.4, -0.2) is 90.9 Å². The van der Waals surface area contributed by atoms with Gasteiger partial charge in [0, 0.05) is 19.2 Å². The summed E-state index contributed by atoms with van der Waals surface area (Å²) in [7, 11) is -8.59. The monoisotopic (exact) mass is 659 g/mol. The van der Waals surface area contributed by atoms with Crippen LogP contribution in [0.2, 0.25) is 0 Å². The number of hydrogen-bond acceptors (Lipinski definition) is 10. The second-order valence-corrected chi connectivity index (χ2v) is 14.7. The van der Waals surface area contributed by atoms with Gasteiger partial charge in [0.15, 0.2) is 25.0 Å². The van der Waals surface area contributed by atoms with Gasteiger partial charge in [-0.05, 0) is 42.5 Å². The largest absolute Gasteiger partial charge is 0.619 e. The first-order chi connectivity index (χ1) is 20.7. The van der Waals surface area contributed by atoms with Crippen LogP contribution in [0, 0.1) is 17.0 Å². The zero-order valence-corrected chi connectivity index (χ0v) is 26.0. The SMILES string of the molecule is CC(C)CN(C[C@@H](O)[C@H](Cc1ccc(OCP(=O)(O)O)cc1)NC(=O)O[C@H]1CO[C@H]2OCC[C@H]21)S(=O)(=O)c1ccc[n+]([O-])c1. The van der Waals surface area contributed by atoms with Crippen molar-refractivity contribution in [1.82, 2.24) is 9.62 Å². The van der Waals surface area contributed by atoms with Crippen LogP contribution in [-0.2, 0) is 35.2 Å².